The Morgan fingerprint density at radius 1 is 1.04 bits per heavy atom. The van der Waals surface area contributed by atoms with Crippen molar-refractivity contribution >= 4 is 22.7 Å². The average Bonchev–Trinajstić information content (AvgIpc) is 2.62. The number of benzene rings is 2. The lowest BCUT2D eigenvalue weighted by Gasteiger charge is -2.29. The van der Waals surface area contributed by atoms with Crippen LogP contribution in [-0.4, -0.2) is 35.3 Å². The van der Waals surface area contributed by atoms with Gasteiger partial charge in [0.1, 0.15) is 5.03 Å². The summed E-state index contributed by atoms with van der Waals surface area (Å²) in [4.78, 5) is 7.45. The van der Waals surface area contributed by atoms with Crippen LogP contribution in [0.5, 0.6) is 0 Å². The van der Waals surface area contributed by atoms with Crippen LogP contribution in [0.2, 0.25) is 0 Å². The maximum absolute atomic E-state index is 5.02. The predicted octanol–water partition coefficient (Wildman–Crippen LogP) is 5.09. The molecule has 1 aliphatic rings. The molecule has 2 aromatic carbocycles. The van der Waals surface area contributed by atoms with Crippen molar-refractivity contribution in [2.24, 2.45) is 0 Å². The Kier molecular flexibility index (Phi) is 4.54. The number of thioether (sulfide) groups is 1. The molecule has 1 fully saturated rings. The lowest BCUT2D eigenvalue weighted by atomic mass is 10.1. The smallest absolute Gasteiger partial charge is 0.105 e. The second-order valence-electron chi connectivity index (χ2n) is 6.54. The first-order chi connectivity index (χ1) is 11.8. The van der Waals surface area contributed by atoms with E-state index in [1.807, 2.05) is 11.8 Å². The topological polar surface area (TPSA) is 16.1 Å². The van der Waals surface area contributed by atoms with Crippen LogP contribution < -0.4 is 0 Å². The molecule has 1 aliphatic heterocycles. The van der Waals surface area contributed by atoms with Gasteiger partial charge in [0.15, 0.2) is 0 Å². The molecule has 3 heteroatoms. The van der Waals surface area contributed by atoms with Gasteiger partial charge in [0.05, 0.1) is 5.52 Å². The number of para-hydroxylation sites is 1. The van der Waals surface area contributed by atoms with Crippen molar-refractivity contribution in [1.82, 2.24) is 9.88 Å². The van der Waals surface area contributed by atoms with Gasteiger partial charge in [-0.05, 0) is 44.1 Å². The number of hydrogen-bond acceptors (Lipinski definition) is 3. The Bertz CT molecular complexity index is 832. The zero-order valence-corrected chi connectivity index (χ0v) is 14.8. The van der Waals surface area contributed by atoms with E-state index in [1.54, 1.807) is 0 Å². The van der Waals surface area contributed by atoms with Crippen LogP contribution in [0, 0.1) is 0 Å². The molecular formula is C21H22N2S. The first-order valence-corrected chi connectivity index (χ1v) is 9.48. The van der Waals surface area contributed by atoms with Crippen molar-refractivity contribution in [2.45, 2.75) is 23.1 Å². The maximum Gasteiger partial charge on any atom is 0.105 e. The zero-order chi connectivity index (χ0) is 16.4. The largest absolute Gasteiger partial charge is 0.305 e. The molecular weight excluding hydrogens is 312 g/mol. The summed E-state index contributed by atoms with van der Waals surface area (Å²) in [5, 5.41) is 3.00. The summed E-state index contributed by atoms with van der Waals surface area (Å²) in [6.07, 6.45) is 2.56. The minimum Gasteiger partial charge on any atom is -0.305 e. The molecule has 0 saturated carbocycles. The summed E-state index contributed by atoms with van der Waals surface area (Å²) in [5.74, 6) is 0. The van der Waals surface area contributed by atoms with Gasteiger partial charge in [0.25, 0.3) is 0 Å². The zero-order valence-electron chi connectivity index (χ0n) is 14.0. The molecule has 1 unspecified atom stereocenters. The number of pyridine rings is 1. The van der Waals surface area contributed by atoms with E-state index in [0.717, 1.165) is 12.1 Å². The normalized spacial score (nSPS) is 18.8. The predicted molar refractivity (Wildman–Crippen MR) is 104 cm³/mol. The number of piperidine rings is 1. The van der Waals surface area contributed by atoms with Gasteiger partial charge >= 0.3 is 0 Å². The summed E-state index contributed by atoms with van der Waals surface area (Å²) < 4.78 is 0. The second-order valence-corrected chi connectivity index (χ2v) is 7.83. The van der Waals surface area contributed by atoms with Crippen LogP contribution in [-0.2, 0) is 0 Å². The van der Waals surface area contributed by atoms with Crippen molar-refractivity contribution in [3.8, 4) is 11.1 Å². The Balaban J connectivity index is 1.76. The van der Waals surface area contributed by atoms with Gasteiger partial charge in [-0.1, -0.05) is 48.5 Å². The van der Waals surface area contributed by atoms with E-state index in [-0.39, 0.29) is 0 Å². The van der Waals surface area contributed by atoms with Crippen LogP contribution in [0.15, 0.2) is 65.7 Å². The van der Waals surface area contributed by atoms with Crippen LogP contribution in [0.4, 0.5) is 0 Å². The van der Waals surface area contributed by atoms with Crippen LogP contribution in [0.3, 0.4) is 0 Å². The fourth-order valence-corrected chi connectivity index (χ4v) is 4.77. The number of nitrogens with zero attached hydrogens (tertiary/aromatic N) is 2. The van der Waals surface area contributed by atoms with Crippen molar-refractivity contribution in [3.63, 3.8) is 0 Å². The van der Waals surface area contributed by atoms with Gasteiger partial charge in [0, 0.05) is 22.7 Å². The third-order valence-corrected chi connectivity index (χ3v) is 5.89. The van der Waals surface area contributed by atoms with Gasteiger partial charge in [0.2, 0.25) is 0 Å². The highest BCUT2D eigenvalue weighted by atomic mass is 32.2. The molecule has 0 amide bonds. The van der Waals surface area contributed by atoms with E-state index in [4.69, 9.17) is 4.98 Å². The molecule has 0 aliphatic carbocycles. The SMILES string of the molecule is CN1CCCC(Sc2nc3ccccc3cc2-c2ccccc2)C1. The molecule has 122 valence electrons. The van der Waals surface area contributed by atoms with Gasteiger partial charge in [-0.2, -0.15) is 0 Å². The number of fused-ring (bicyclic) bond motifs is 1. The first kappa shape index (κ1) is 15.7. The quantitative estimate of drug-likeness (QED) is 0.664. The van der Waals surface area contributed by atoms with E-state index in [1.165, 1.54) is 40.9 Å². The van der Waals surface area contributed by atoms with Gasteiger partial charge in [-0.3, -0.25) is 0 Å². The van der Waals surface area contributed by atoms with Crippen molar-refractivity contribution in [3.05, 3.63) is 60.7 Å². The molecule has 0 N–H and O–H groups in total. The van der Waals surface area contributed by atoms with E-state index >= 15 is 0 Å². The summed E-state index contributed by atoms with van der Waals surface area (Å²) in [6.45, 7) is 2.36. The molecule has 0 bridgehead atoms. The van der Waals surface area contributed by atoms with Gasteiger partial charge in [-0.25, -0.2) is 4.98 Å². The molecule has 2 nitrogen and oxygen atoms in total. The summed E-state index contributed by atoms with van der Waals surface area (Å²) in [6, 6.07) is 21.4. The molecule has 3 aromatic rings. The van der Waals surface area contributed by atoms with Crippen LogP contribution in [0.25, 0.3) is 22.0 Å². The van der Waals surface area contributed by atoms with Crippen molar-refractivity contribution in [1.29, 1.82) is 0 Å². The van der Waals surface area contributed by atoms with Crippen LogP contribution in [0.1, 0.15) is 12.8 Å². The molecule has 1 aromatic heterocycles. The highest BCUT2D eigenvalue weighted by molar-refractivity contribution is 8.00. The summed E-state index contributed by atoms with van der Waals surface area (Å²) in [7, 11) is 2.22. The lowest BCUT2D eigenvalue weighted by Crippen LogP contribution is -2.33. The van der Waals surface area contributed by atoms with E-state index in [2.05, 4.69) is 72.6 Å². The molecule has 1 saturated heterocycles. The second kappa shape index (κ2) is 6.96. The minimum atomic E-state index is 0.625. The molecule has 2 heterocycles. The van der Waals surface area contributed by atoms with Crippen LogP contribution >= 0.6 is 11.8 Å². The fraction of sp³-hybridized carbons (Fsp3) is 0.286. The number of rotatable bonds is 3. The monoisotopic (exact) mass is 334 g/mol. The third-order valence-electron chi connectivity index (χ3n) is 4.63. The summed E-state index contributed by atoms with van der Waals surface area (Å²) >= 11 is 1.95. The highest BCUT2D eigenvalue weighted by Crippen LogP contribution is 2.36. The Morgan fingerprint density at radius 2 is 1.83 bits per heavy atom. The Morgan fingerprint density at radius 3 is 2.67 bits per heavy atom. The van der Waals surface area contributed by atoms with Crippen molar-refractivity contribution in [2.75, 3.05) is 20.1 Å². The molecule has 1 atom stereocenters. The highest BCUT2D eigenvalue weighted by Gasteiger charge is 2.21. The lowest BCUT2D eigenvalue weighted by molar-refractivity contribution is 0.283. The summed E-state index contributed by atoms with van der Waals surface area (Å²) in [5.41, 5.74) is 3.60. The Labute approximate surface area is 147 Å². The van der Waals surface area contributed by atoms with E-state index in [9.17, 15) is 0 Å². The van der Waals surface area contributed by atoms with Gasteiger partial charge < -0.3 is 4.90 Å². The molecule has 24 heavy (non-hydrogen) atoms. The number of hydrogen-bond donors (Lipinski definition) is 0. The number of likely N-dealkylation sites (tertiary alicyclic amines) is 1. The van der Waals surface area contributed by atoms with Crippen molar-refractivity contribution < 1.29 is 0 Å². The first-order valence-electron chi connectivity index (χ1n) is 8.60. The standard InChI is InChI=1S/C21H22N2S/c1-23-13-7-11-18(15-23)24-21-19(16-8-3-2-4-9-16)14-17-10-5-6-12-20(17)22-21/h2-6,8-10,12,14,18H,7,11,13,15H2,1H3. The van der Waals surface area contributed by atoms with E-state index in [0.29, 0.717) is 5.25 Å². The third kappa shape index (κ3) is 3.33. The fourth-order valence-electron chi connectivity index (χ4n) is 3.39. The average molecular weight is 334 g/mol. The Hall–Kier alpha value is -1.84. The minimum absolute atomic E-state index is 0.625. The maximum atomic E-state index is 5.02. The number of aromatic nitrogens is 1. The molecule has 0 spiro atoms. The van der Waals surface area contributed by atoms with E-state index < -0.39 is 0 Å². The van der Waals surface area contributed by atoms with Gasteiger partial charge in [-0.15, -0.1) is 11.8 Å². The molecule has 4 rings (SSSR count). The molecule has 0 radical (unpaired) electrons.